The zero-order valence-corrected chi connectivity index (χ0v) is 14.7. The van der Waals surface area contributed by atoms with Crippen LogP contribution in [0.3, 0.4) is 0 Å². The van der Waals surface area contributed by atoms with Crippen LogP contribution in [-0.4, -0.2) is 28.5 Å². The van der Waals surface area contributed by atoms with Crippen LogP contribution in [0.5, 0.6) is 0 Å². The number of carbonyl (C=O) groups excluding carboxylic acids is 3. The fourth-order valence-corrected chi connectivity index (χ4v) is 3.41. The first kappa shape index (κ1) is 18.9. The molecule has 0 spiro atoms. The van der Waals surface area contributed by atoms with E-state index in [1.165, 1.54) is 4.90 Å². The number of Topliss-reactive ketones (excluding diaryl/α,β-unsaturated/α-hetero) is 1. The summed E-state index contributed by atoms with van der Waals surface area (Å²) in [6.45, 7) is 9.85. The second-order valence-electron chi connectivity index (χ2n) is 6.42. The molecular weight excluding hydrogens is 278 g/mol. The second-order valence-corrected chi connectivity index (χ2v) is 6.42. The standard InChI is InChI=1S/C16H25NO3.C2H6/c1-4-10(2)15(19)12-5-7-13(8-6-12)17-14(18)9-11(3)16(17)20;1-2/h10-13H,4-9H2,1-3H3;1-2H3. The van der Waals surface area contributed by atoms with E-state index < -0.39 is 0 Å². The van der Waals surface area contributed by atoms with E-state index in [9.17, 15) is 14.4 Å². The van der Waals surface area contributed by atoms with Crippen LogP contribution in [-0.2, 0) is 14.4 Å². The van der Waals surface area contributed by atoms with E-state index in [0.717, 1.165) is 32.1 Å². The van der Waals surface area contributed by atoms with Crippen molar-refractivity contribution >= 4 is 17.6 Å². The number of hydrogen-bond donors (Lipinski definition) is 0. The van der Waals surface area contributed by atoms with Crippen LogP contribution in [0, 0.1) is 17.8 Å². The highest BCUT2D eigenvalue weighted by Gasteiger charge is 2.41. The lowest BCUT2D eigenvalue weighted by Crippen LogP contribution is -2.43. The number of nitrogens with zero attached hydrogens (tertiary/aromatic N) is 1. The van der Waals surface area contributed by atoms with Crippen LogP contribution in [0.4, 0.5) is 0 Å². The summed E-state index contributed by atoms with van der Waals surface area (Å²) in [6, 6.07) is 0.0286. The molecule has 4 nitrogen and oxygen atoms in total. The lowest BCUT2D eigenvalue weighted by molar-refractivity contribution is -0.143. The largest absolute Gasteiger partial charge is 0.299 e. The van der Waals surface area contributed by atoms with Gasteiger partial charge in [0.2, 0.25) is 11.8 Å². The topological polar surface area (TPSA) is 54.5 Å². The van der Waals surface area contributed by atoms with Gasteiger partial charge in [-0.1, -0.05) is 34.6 Å². The molecule has 1 heterocycles. The summed E-state index contributed by atoms with van der Waals surface area (Å²) >= 11 is 0. The lowest BCUT2D eigenvalue weighted by Gasteiger charge is -2.33. The minimum atomic E-state index is -0.165. The Labute approximate surface area is 134 Å². The Bertz CT molecular complexity index is 411. The van der Waals surface area contributed by atoms with Gasteiger partial charge < -0.3 is 0 Å². The number of ketones is 1. The van der Waals surface area contributed by atoms with Gasteiger partial charge in [0.05, 0.1) is 0 Å². The number of carbonyl (C=O) groups is 3. The normalized spacial score (nSPS) is 29.9. The molecule has 2 amide bonds. The van der Waals surface area contributed by atoms with Gasteiger partial charge in [-0.05, 0) is 32.1 Å². The average molecular weight is 309 g/mol. The van der Waals surface area contributed by atoms with E-state index >= 15 is 0 Å². The van der Waals surface area contributed by atoms with Gasteiger partial charge in [-0.25, -0.2) is 0 Å². The molecule has 0 bridgehead atoms. The van der Waals surface area contributed by atoms with Gasteiger partial charge in [-0.15, -0.1) is 0 Å². The van der Waals surface area contributed by atoms with Crippen LogP contribution in [0.1, 0.15) is 73.1 Å². The molecule has 1 aliphatic heterocycles. The zero-order valence-electron chi connectivity index (χ0n) is 14.7. The molecular formula is C18H31NO3. The van der Waals surface area contributed by atoms with Crippen molar-refractivity contribution in [1.82, 2.24) is 4.90 Å². The first-order chi connectivity index (χ1) is 10.5. The summed E-state index contributed by atoms with van der Waals surface area (Å²) in [5.41, 5.74) is 0. The van der Waals surface area contributed by atoms with Crippen molar-refractivity contribution in [3.05, 3.63) is 0 Å². The minimum Gasteiger partial charge on any atom is -0.299 e. The van der Waals surface area contributed by atoms with Crippen LogP contribution >= 0.6 is 0 Å². The second kappa shape index (κ2) is 8.44. The molecule has 0 aromatic heterocycles. The van der Waals surface area contributed by atoms with E-state index in [0.29, 0.717) is 12.2 Å². The summed E-state index contributed by atoms with van der Waals surface area (Å²) in [5, 5.41) is 0. The smallest absolute Gasteiger partial charge is 0.232 e. The number of hydrogen-bond acceptors (Lipinski definition) is 3. The van der Waals surface area contributed by atoms with Crippen LogP contribution in [0.25, 0.3) is 0 Å². The molecule has 126 valence electrons. The quantitative estimate of drug-likeness (QED) is 0.746. The third kappa shape index (κ3) is 3.96. The Balaban J connectivity index is 0.00000116. The molecule has 2 rings (SSSR count). The van der Waals surface area contributed by atoms with Gasteiger partial charge in [0.25, 0.3) is 0 Å². The van der Waals surface area contributed by atoms with E-state index in [1.807, 2.05) is 34.6 Å². The van der Waals surface area contributed by atoms with Crippen molar-refractivity contribution in [3.63, 3.8) is 0 Å². The summed E-state index contributed by atoms with van der Waals surface area (Å²) < 4.78 is 0. The molecule has 0 aromatic carbocycles. The number of amides is 2. The summed E-state index contributed by atoms with van der Waals surface area (Å²) in [5.74, 6) is 0.407. The summed E-state index contributed by atoms with van der Waals surface area (Å²) in [6.07, 6.45) is 4.45. The molecule has 4 heteroatoms. The molecule has 2 aliphatic rings. The molecule has 0 radical (unpaired) electrons. The van der Waals surface area contributed by atoms with Crippen LogP contribution < -0.4 is 0 Å². The van der Waals surface area contributed by atoms with Crippen molar-refractivity contribution in [2.75, 3.05) is 0 Å². The van der Waals surface area contributed by atoms with Crippen molar-refractivity contribution < 1.29 is 14.4 Å². The van der Waals surface area contributed by atoms with Gasteiger partial charge >= 0.3 is 0 Å². The predicted molar refractivity (Wildman–Crippen MR) is 87.2 cm³/mol. The van der Waals surface area contributed by atoms with Crippen molar-refractivity contribution in [1.29, 1.82) is 0 Å². The van der Waals surface area contributed by atoms with Crippen molar-refractivity contribution in [2.24, 2.45) is 17.8 Å². The highest BCUT2D eigenvalue weighted by Crippen LogP contribution is 2.33. The maximum Gasteiger partial charge on any atom is 0.232 e. The van der Waals surface area contributed by atoms with Gasteiger partial charge in [-0.2, -0.15) is 0 Å². The van der Waals surface area contributed by atoms with Crippen LogP contribution in [0.2, 0.25) is 0 Å². The van der Waals surface area contributed by atoms with E-state index in [4.69, 9.17) is 0 Å². The minimum absolute atomic E-state index is 0.0216. The van der Waals surface area contributed by atoms with Gasteiger partial charge in [0.15, 0.2) is 0 Å². The Morgan fingerprint density at radius 3 is 2.14 bits per heavy atom. The maximum atomic E-state index is 12.2. The molecule has 0 N–H and O–H groups in total. The van der Waals surface area contributed by atoms with E-state index in [-0.39, 0.29) is 35.6 Å². The molecule has 2 unspecified atom stereocenters. The van der Waals surface area contributed by atoms with Crippen molar-refractivity contribution in [3.8, 4) is 0 Å². The molecule has 0 aromatic rings. The van der Waals surface area contributed by atoms with E-state index in [1.54, 1.807) is 0 Å². The summed E-state index contributed by atoms with van der Waals surface area (Å²) in [4.78, 5) is 37.6. The molecule has 2 fully saturated rings. The Kier molecular flexibility index (Phi) is 7.24. The number of rotatable bonds is 4. The third-order valence-corrected chi connectivity index (χ3v) is 4.97. The third-order valence-electron chi connectivity index (χ3n) is 4.97. The van der Waals surface area contributed by atoms with Crippen molar-refractivity contribution in [2.45, 2.75) is 79.2 Å². The number of imide groups is 1. The molecule has 2 atom stereocenters. The Morgan fingerprint density at radius 1 is 1.18 bits per heavy atom. The fraction of sp³-hybridized carbons (Fsp3) is 0.833. The fourth-order valence-electron chi connectivity index (χ4n) is 3.41. The highest BCUT2D eigenvalue weighted by molar-refractivity contribution is 6.03. The predicted octanol–water partition coefficient (Wildman–Crippen LogP) is 3.58. The molecule has 1 saturated heterocycles. The Hall–Kier alpha value is -1.19. The number of likely N-dealkylation sites (tertiary alicyclic amines) is 1. The van der Waals surface area contributed by atoms with Gasteiger partial charge in [0.1, 0.15) is 5.78 Å². The van der Waals surface area contributed by atoms with Crippen LogP contribution in [0.15, 0.2) is 0 Å². The average Bonchev–Trinajstić information content (AvgIpc) is 2.80. The monoisotopic (exact) mass is 309 g/mol. The highest BCUT2D eigenvalue weighted by atomic mass is 16.2. The van der Waals surface area contributed by atoms with Gasteiger partial charge in [-0.3, -0.25) is 19.3 Å². The van der Waals surface area contributed by atoms with E-state index in [2.05, 4.69) is 0 Å². The maximum absolute atomic E-state index is 12.2. The van der Waals surface area contributed by atoms with Gasteiger partial charge in [0, 0.05) is 30.2 Å². The first-order valence-corrected chi connectivity index (χ1v) is 8.85. The summed E-state index contributed by atoms with van der Waals surface area (Å²) in [7, 11) is 0. The molecule has 22 heavy (non-hydrogen) atoms. The lowest BCUT2D eigenvalue weighted by atomic mass is 9.79. The first-order valence-electron chi connectivity index (χ1n) is 8.85. The Morgan fingerprint density at radius 2 is 1.73 bits per heavy atom. The zero-order chi connectivity index (χ0) is 16.9. The molecule has 1 saturated carbocycles. The molecule has 1 aliphatic carbocycles. The SMILES string of the molecule is CC.CCC(C)C(=O)C1CCC(N2C(=O)CC(C)C2=O)CC1.